The third kappa shape index (κ3) is 4.90. The zero-order chi connectivity index (χ0) is 24.3. The molecule has 12 heteroatoms. The maximum absolute atomic E-state index is 15.6. The van der Waals surface area contributed by atoms with Crippen molar-refractivity contribution in [2.75, 3.05) is 25.5 Å². The van der Waals surface area contributed by atoms with E-state index in [2.05, 4.69) is 10.4 Å². The lowest BCUT2D eigenvalue weighted by atomic mass is 9.83. The fraction of sp³-hybridized carbons (Fsp3) is 0.476. The average molecular weight is 464 g/mol. The van der Waals surface area contributed by atoms with E-state index in [0.29, 0.717) is 12.1 Å². The zero-order valence-corrected chi connectivity index (χ0v) is 18.3. The second kappa shape index (κ2) is 9.70. The number of rotatable bonds is 8. The highest BCUT2D eigenvalue weighted by molar-refractivity contribution is 5.97. The minimum absolute atomic E-state index is 0.0483. The number of hydrogen-bond donors (Lipinski definition) is 4. The van der Waals surface area contributed by atoms with E-state index in [1.807, 2.05) is 6.07 Å². The SMILES string of the molecule is COC(O)Nc1nn(C2(CC#N)CCN(Cc3cc(O)c(C)cc3F)CC2F)cc1C(N)=O. The number of aliphatic hydroxyl groups excluding tert-OH is 1. The number of aliphatic hydroxyl groups is 1. The van der Waals surface area contributed by atoms with Crippen molar-refractivity contribution in [1.82, 2.24) is 14.7 Å². The number of nitrogens with one attached hydrogen (secondary N) is 1. The van der Waals surface area contributed by atoms with Crippen molar-refractivity contribution in [2.45, 2.75) is 44.4 Å². The summed E-state index contributed by atoms with van der Waals surface area (Å²) in [5.74, 6) is -1.52. The molecular weight excluding hydrogens is 438 g/mol. The van der Waals surface area contributed by atoms with Gasteiger partial charge in [0.15, 0.2) is 5.82 Å². The number of ether oxygens (including phenoxy) is 1. The molecule has 1 aliphatic heterocycles. The van der Waals surface area contributed by atoms with Crippen LogP contribution in [-0.4, -0.2) is 63.6 Å². The quantitative estimate of drug-likeness (QED) is 0.427. The number of amides is 1. The van der Waals surface area contributed by atoms with Gasteiger partial charge >= 0.3 is 0 Å². The van der Waals surface area contributed by atoms with Gasteiger partial charge in [-0.15, -0.1) is 0 Å². The van der Waals surface area contributed by atoms with Gasteiger partial charge in [0.2, 0.25) is 6.41 Å². The van der Waals surface area contributed by atoms with Gasteiger partial charge in [-0.2, -0.15) is 10.4 Å². The minimum atomic E-state index is -1.60. The highest BCUT2D eigenvalue weighted by Gasteiger charge is 2.46. The largest absolute Gasteiger partial charge is 0.508 e. The topological polar surface area (TPSA) is 150 Å². The number of phenolic OH excluding ortho intramolecular Hbond substituents is 1. The predicted molar refractivity (Wildman–Crippen MR) is 113 cm³/mol. The molecule has 0 spiro atoms. The number of benzene rings is 1. The van der Waals surface area contributed by atoms with E-state index in [-0.39, 0.29) is 48.6 Å². The third-order valence-corrected chi connectivity index (χ3v) is 5.93. The number of likely N-dealkylation sites (tertiary alicyclic amines) is 1. The van der Waals surface area contributed by atoms with Gasteiger partial charge in [-0.1, -0.05) is 0 Å². The van der Waals surface area contributed by atoms with Crippen LogP contribution in [0, 0.1) is 24.1 Å². The Morgan fingerprint density at radius 2 is 2.27 bits per heavy atom. The van der Waals surface area contributed by atoms with Crippen LogP contribution in [0.1, 0.15) is 34.3 Å². The van der Waals surface area contributed by atoms with Crippen LogP contribution in [0.2, 0.25) is 0 Å². The van der Waals surface area contributed by atoms with Crippen molar-refractivity contribution >= 4 is 11.7 Å². The molecular formula is C21H26F2N6O4. The Morgan fingerprint density at radius 1 is 1.55 bits per heavy atom. The van der Waals surface area contributed by atoms with E-state index < -0.39 is 29.8 Å². The highest BCUT2D eigenvalue weighted by atomic mass is 19.1. The van der Waals surface area contributed by atoms with Gasteiger partial charge in [0, 0.05) is 38.5 Å². The van der Waals surface area contributed by atoms with E-state index in [9.17, 15) is 24.7 Å². The van der Waals surface area contributed by atoms with Crippen molar-refractivity contribution < 1.29 is 28.5 Å². The number of piperidine rings is 1. The normalized spacial score (nSPS) is 22.0. The molecule has 3 atom stereocenters. The molecule has 0 saturated carbocycles. The lowest BCUT2D eigenvalue weighted by Gasteiger charge is -2.43. The number of nitrogens with two attached hydrogens (primary N) is 1. The van der Waals surface area contributed by atoms with Crippen LogP contribution in [0.5, 0.6) is 5.75 Å². The molecule has 2 heterocycles. The predicted octanol–water partition coefficient (Wildman–Crippen LogP) is 1.32. The number of phenols is 1. The lowest BCUT2D eigenvalue weighted by molar-refractivity contribution is -0.0514. The molecule has 0 bridgehead atoms. The van der Waals surface area contributed by atoms with Gasteiger partial charge < -0.3 is 26.0 Å². The number of carbonyl (C=O) groups is 1. The smallest absolute Gasteiger partial charge is 0.254 e. The van der Waals surface area contributed by atoms with Crippen LogP contribution in [0.4, 0.5) is 14.6 Å². The molecule has 3 rings (SSSR count). The molecule has 5 N–H and O–H groups in total. The number of nitriles is 1. The molecule has 1 aromatic carbocycles. The Bertz CT molecular complexity index is 1070. The Kier molecular flexibility index (Phi) is 7.16. The molecule has 1 amide bonds. The summed E-state index contributed by atoms with van der Waals surface area (Å²) < 4.78 is 35.8. The van der Waals surface area contributed by atoms with E-state index in [1.54, 1.807) is 11.8 Å². The standard InChI is InChI=1S/C21H26F2N6O4/c1-12-7-15(22)13(8-16(12)30)9-28-6-4-21(3-5-24,17(23)11-28)29-10-14(18(25)31)19(27-29)26-20(32)33-2/h7-8,10,17,20,30,32H,3-4,6,9,11H2,1-2H3,(H2,25,31)(H,26,27). The summed E-state index contributed by atoms with van der Waals surface area (Å²) >= 11 is 0. The lowest BCUT2D eigenvalue weighted by Crippen LogP contribution is -2.54. The fourth-order valence-electron chi connectivity index (χ4n) is 3.95. The van der Waals surface area contributed by atoms with Crippen LogP contribution < -0.4 is 11.1 Å². The molecule has 2 aromatic rings. The van der Waals surface area contributed by atoms with Gasteiger partial charge in [-0.3, -0.25) is 14.4 Å². The summed E-state index contributed by atoms with van der Waals surface area (Å²) in [7, 11) is 1.22. The third-order valence-electron chi connectivity index (χ3n) is 5.93. The Hall–Kier alpha value is -3.27. The maximum atomic E-state index is 15.6. The summed E-state index contributed by atoms with van der Waals surface area (Å²) in [5.41, 5.74) is 4.52. The maximum Gasteiger partial charge on any atom is 0.254 e. The molecule has 0 aliphatic carbocycles. The van der Waals surface area contributed by atoms with Crippen LogP contribution >= 0.6 is 0 Å². The van der Waals surface area contributed by atoms with Gasteiger partial charge in [-0.25, -0.2) is 8.78 Å². The van der Waals surface area contributed by atoms with Crippen LogP contribution in [-0.2, 0) is 16.8 Å². The number of hydrogen-bond acceptors (Lipinski definition) is 8. The van der Waals surface area contributed by atoms with Gasteiger partial charge in [-0.05, 0) is 31.0 Å². The molecule has 1 fully saturated rings. The fourth-order valence-corrected chi connectivity index (χ4v) is 3.95. The van der Waals surface area contributed by atoms with Crippen molar-refractivity contribution in [3.8, 4) is 11.8 Å². The summed E-state index contributed by atoms with van der Waals surface area (Å²) in [4.78, 5) is 13.5. The number of methoxy groups -OCH3 is 1. The van der Waals surface area contributed by atoms with Crippen molar-refractivity contribution in [1.29, 1.82) is 5.26 Å². The van der Waals surface area contributed by atoms with Crippen molar-refractivity contribution in [2.24, 2.45) is 5.73 Å². The van der Waals surface area contributed by atoms with E-state index >= 15 is 4.39 Å². The number of aromatic hydroxyl groups is 1. The van der Waals surface area contributed by atoms with Gasteiger partial charge in [0.1, 0.15) is 28.8 Å². The van der Waals surface area contributed by atoms with Gasteiger partial charge in [0.05, 0.1) is 12.5 Å². The first-order valence-corrected chi connectivity index (χ1v) is 10.2. The first kappa shape index (κ1) is 24.4. The summed E-state index contributed by atoms with van der Waals surface area (Å²) in [6.07, 6.45) is -1.96. The van der Waals surface area contributed by atoms with Crippen LogP contribution in [0.15, 0.2) is 18.3 Å². The number of carbonyl (C=O) groups excluding carboxylic acids is 1. The molecule has 33 heavy (non-hydrogen) atoms. The molecule has 0 radical (unpaired) electrons. The molecule has 1 aliphatic rings. The molecule has 1 saturated heterocycles. The number of primary amides is 1. The minimum Gasteiger partial charge on any atom is -0.508 e. The van der Waals surface area contributed by atoms with Crippen LogP contribution in [0.25, 0.3) is 0 Å². The van der Waals surface area contributed by atoms with Gasteiger partial charge in [0.25, 0.3) is 5.91 Å². The number of nitrogens with zero attached hydrogens (tertiary/aromatic N) is 4. The van der Waals surface area contributed by atoms with Crippen LogP contribution in [0.3, 0.4) is 0 Å². The number of aromatic nitrogens is 2. The molecule has 178 valence electrons. The number of halogens is 2. The van der Waals surface area contributed by atoms with Crippen molar-refractivity contribution in [3.05, 3.63) is 40.8 Å². The van der Waals surface area contributed by atoms with E-state index in [1.165, 1.54) is 30.1 Å². The Balaban J connectivity index is 1.87. The molecule has 10 nitrogen and oxygen atoms in total. The second-order valence-corrected chi connectivity index (χ2v) is 8.05. The monoisotopic (exact) mass is 464 g/mol. The summed E-state index contributed by atoms with van der Waals surface area (Å²) in [6.45, 7) is 1.81. The van der Waals surface area contributed by atoms with E-state index in [0.717, 1.165) is 0 Å². The zero-order valence-electron chi connectivity index (χ0n) is 18.3. The first-order valence-electron chi connectivity index (χ1n) is 10.2. The van der Waals surface area contributed by atoms with E-state index in [4.69, 9.17) is 10.5 Å². The number of aryl methyl sites for hydroxylation is 1. The Morgan fingerprint density at radius 3 is 2.88 bits per heavy atom. The summed E-state index contributed by atoms with van der Waals surface area (Å²) in [6, 6.07) is 4.52. The molecule has 3 unspecified atom stereocenters. The summed E-state index contributed by atoms with van der Waals surface area (Å²) in [5, 5.41) is 35.6. The highest BCUT2D eigenvalue weighted by Crippen LogP contribution is 2.37. The number of anilines is 1. The average Bonchev–Trinajstić information content (AvgIpc) is 3.18. The Labute approximate surface area is 189 Å². The molecule has 1 aromatic heterocycles. The first-order chi connectivity index (χ1) is 15.6. The number of alkyl halides is 1. The second-order valence-electron chi connectivity index (χ2n) is 8.05. The van der Waals surface area contributed by atoms with Crippen molar-refractivity contribution in [3.63, 3.8) is 0 Å².